The first kappa shape index (κ1) is 12.4. The monoisotopic (exact) mass is 208 g/mol. The van der Waals surface area contributed by atoms with Crippen LogP contribution in [0.15, 0.2) is 16.5 Å². The Morgan fingerprint density at radius 1 is 0.933 bits per heavy atom. The summed E-state index contributed by atoms with van der Waals surface area (Å²) in [6.45, 7) is 4.27. The van der Waals surface area contributed by atoms with E-state index in [1.54, 1.807) is 0 Å². The minimum Gasteiger partial charge on any atom is -0.466 e. The van der Waals surface area contributed by atoms with E-state index in [9.17, 15) is 0 Å². The molecule has 0 aromatic carbocycles. The molecule has 1 nitrogen and oxygen atoms in total. The smallest absolute Gasteiger partial charge is 0.104 e. The van der Waals surface area contributed by atoms with Gasteiger partial charge in [0.2, 0.25) is 0 Å². The molecule has 1 aromatic heterocycles. The zero-order chi connectivity index (χ0) is 10.9. The summed E-state index contributed by atoms with van der Waals surface area (Å²) in [5.41, 5.74) is 0. The third-order valence-corrected chi connectivity index (χ3v) is 2.82. The number of hydrogen-bond donors (Lipinski definition) is 0. The van der Waals surface area contributed by atoms with Crippen LogP contribution in [0.4, 0.5) is 0 Å². The lowest BCUT2D eigenvalue weighted by Gasteiger charge is -1.99. The zero-order valence-corrected chi connectivity index (χ0v) is 10.2. The molecule has 0 amide bonds. The molecule has 0 aliphatic rings. The zero-order valence-electron chi connectivity index (χ0n) is 10.2. The Bertz CT molecular complexity index is 250. The number of unbranched alkanes of at least 4 members (excludes halogenated alkanes) is 6. The fourth-order valence-electron chi connectivity index (χ4n) is 1.88. The van der Waals surface area contributed by atoms with Gasteiger partial charge in [-0.15, -0.1) is 0 Å². The normalized spacial score (nSPS) is 10.8. The molecule has 0 atom stereocenters. The molecular formula is C14H24O. The molecule has 0 aliphatic carbocycles. The molecule has 0 N–H and O–H groups in total. The van der Waals surface area contributed by atoms with Gasteiger partial charge in [0.25, 0.3) is 0 Å². The van der Waals surface area contributed by atoms with Gasteiger partial charge in [-0.25, -0.2) is 0 Å². The third-order valence-electron chi connectivity index (χ3n) is 2.82. The predicted octanol–water partition coefficient (Wildman–Crippen LogP) is 4.88. The largest absolute Gasteiger partial charge is 0.466 e. The molecule has 1 rings (SSSR count). The van der Waals surface area contributed by atoms with Crippen LogP contribution in [0.2, 0.25) is 0 Å². The van der Waals surface area contributed by atoms with E-state index in [1.807, 2.05) is 6.92 Å². The molecule has 15 heavy (non-hydrogen) atoms. The van der Waals surface area contributed by atoms with Crippen LogP contribution in [0.5, 0.6) is 0 Å². The SMILES string of the molecule is CCCCCCCCCc1ccc(C)o1. The highest BCUT2D eigenvalue weighted by Gasteiger charge is 1.98. The van der Waals surface area contributed by atoms with Crippen LogP contribution >= 0.6 is 0 Å². The van der Waals surface area contributed by atoms with Gasteiger partial charge in [-0.05, 0) is 25.5 Å². The van der Waals surface area contributed by atoms with Crippen molar-refractivity contribution in [3.05, 3.63) is 23.7 Å². The summed E-state index contributed by atoms with van der Waals surface area (Å²) in [5.74, 6) is 2.19. The van der Waals surface area contributed by atoms with Crippen LogP contribution in [0.1, 0.15) is 63.4 Å². The second kappa shape index (κ2) is 7.56. The van der Waals surface area contributed by atoms with Crippen LogP contribution in [-0.2, 0) is 6.42 Å². The fraction of sp³-hybridized carbons (Fsp3) is 0.714. The van der Waals surface area contributed by atoms with Gasteiger partial charge in [0.15, 0.2) is 0 Å². The number of furan rings is 1. The second-order valence-electron chi connectivity index (χ2n) is 4.38. The van der Waals surface area contributed by atoms with Gasteiger partial charge in [-0.3, -0.25) is 0 Å². The van der Waals surface area contributed by atoms with Gasteiger partial charge in [0, 0.05) is 6.42 Å². The molecule has 0 fully saturated rings. The van der Waals surface area contributed by atoms with Crippen molar-refractivity contribution in [3.63, 3.8) is 0 Å². The molecule has 0 saturated heterocycles. The summed E-state index contributed by atoms with van der Waals surface area (Å²) in [5, 5.41) is 0. The Morgan fingerprint density at radius 2 is 1.60 bits per heavy atom. The maximum atomic E-state index is 5.53. The first-order valence-corrected chi connectivity index (χ1v) is 6.38. The van der Waals surface area contributed by atoms with Crippen LogP contribution in [0, 0.1) is 6.92 Å². The lowest BCUT2D eigenvalue weighted by Crippen LogP contribution is -1.83. The number of rotatable bonds is 8. The molecule has 0 radical (unpaired) electrons. The first-order chi connectivity index (χ1) is 7.33. The highest BCUT2D eigenvalue weighted by atomic mass is 16.3. The standard InChI is InChI=1S/C14H24O/c1-3-4-5-6-7-8-9-10-14-12-11-13(2)15-14/h11-12H,3-10H2,1-2H3. The Balaban J connectivity index is 1.93. The average molecular weight is 208 g/mol. The van der Waals surface area contributed by atoms with E-state index in [2.05, 4.69) is 19.1 Å². The Kier molecular flexibility index (Phi) is 6.22. The van der Waals surface area contributed by atoms with Crippen molar-refractivity contribution in [1.29, 1.82) is 0 Å². The van der Waals surface area contributed by atoms with Gasteiger partial charge < -0.3 is 4.42 Å². The Labute approximate surface area is 93.9 Å². The summed E-state index contributed by atoms with van der Waals surface area (Å²) < 4.78 is 5.53. The van der Waals surface area contributed by atoms with Crippen molar-refractivity contribution in [2.75, 3.05) is 0 Å². The predicted molar refractivity (Wildman–Crippen MR) is 65.1 cm³/mol. The van der Waals surface area contributed by atoms with E-state index in [-0.39, 0.29) is 0 Å². The summed E-state index contributed by atoms with van der Waals surface area (Å²) in [7, 11) is 0. The second-order valence-corrected chi connectivity index (χ2v) is 4.38. The Hall–Kier alpha value is -0.720. The van der Waals surface area contributed by atoms with Gasteiger partial charge in [0.1, 0.15) is 11.5 Å². The molecule has 1 aromatic rings. The molecule has 0 aliphatic heterocycles. The highest BCUT2D eigenvalue weighted by Crippen LogP contribution is 2.12. The molecule has 1 heterocycles. The summed E-state index contributed by atoms with van der Waals surface area (Å²) in [4.78, 5) is 0. The molecule has 0 saturated carbocycles. The van der Waals surface area contributed by atoms with Crippen molar-refractivity contribution < 1.29 is 4.42 Å². The quantitative estimate of drug-likeness (QED) is 0.555. The minimum atomic E-state index is 1.04. The van der Waals surface area contributed by atoms with Crippen LogP contribution in [-0.4, -0.2) is 0 Å². The van der Waals surface area contributed by atoms with E-state index in [0.29, 0.717) is 0 Å². The average Bonchev–Trinajstić information content (AvgIpc) is 2.63. The first-order valence-electron chi connectivity index (χ1n) is 6.38. The van der Waals surface area contributed by atoms with Gasteiger partial charge >= 0.3 is 0 Å². The third kappa shape index (κ3) is 5.66. The molecule has 0 unspecified atom stereocenters. The molecule has 86 valence electrons. The molecule has 0 spiro atoms. The lowest BCUT2D eigenvalue weighted by atomic mass is 10.1. The minimum absolute atomic E-state index is 1.04. The van der Waals surface area contributed by atoms with Crippen molar-refractivity contribution in [3.8, 4) is 0 Å². The van der Waals surface area contributed by atoms with Crippen molar-refractivity contribution >= 4 is 0 Å². The lowest BCUT2D eigenvalue weighted by molar-refractivity contribution is 0.469. The maximum Gasteiger partial charge on any atom is 0.104 e. The van der Waals surface area contributed by atoms with Gasteiger partial charge in [-0.1, -0.05) is 45.4 Å². The van der Waals surface area contributed by atoms with Gasteiger partial charge in [0.05, 0.1) is 0 Å². The van der Waals surface area contributed by atoms with E-state index >= 15 is 0 Å². The molecule has 0 bridgehead atoms. The van der Waals surface area contributed by atoms with Crippen LogP contribution in [0.3, 0.4) is 0 Å². The summed E-state index contributed by atoms with van der Waals surface area (Å²) in [6.07, 6.45) is 10.7. The number of aryl methyl sites for hydroxylation is 2. The number of hydrogen-bond acceptors (Lipinski definition) is 1. The van der Waals surface area contributed by atoms with Crippen LogP contribution < -0.4 is 0 Å². The highest BCUT2D eigenvalue weighted by molar-refractivity contribution is 5.05. The summed E-state index contributed by atoms with van der Waals surface area (Å²) >= 11 is 0. The van der Waals surface area contributed by atoms with Crippen molar-refractivity contribution in [2.24, 2.45) is 0 Å². The fourth-order valence-corrected chi connectivity index (χ4v) is 1.88. The van der Waals surface area contributed by atoms with E-state index in [4.69, 9.17) is 4.42 Å². The summed E-state index contributed by atoms with van der Waals surface area (Å²) in [6, 6.07) is 4.16. The van der Waals surface area contributed by atoms with E-state index in [1.165, 1.54) is 44.9 Å². The van der Waals surface area contributed by atoms with E-state index < -0.39 is 0 Å². The van der Waals surface area contributed by atoms with Crippen molar-refractivity contribution in [1.82, 2.24) is 0 Å². The molecule has 1 heteroatoms. The van der Waals surface area contributed by atoms with Gasteiger partial charge in [-0.2, -0.15) is 0 Å². The molecular weight excluding hydrogens is 184 g/mol. The van der Waals surface area contributed by atoms with Crippen LogP contribution in [0.25, 0.3) is 0 Å². The van der Waals surface area contributed by atoms with Crippen molar-refractivity contribution in [2.45, 2.75) is 65.2 Å². The maximum absolute atomic E-state index is 5.53. The Morgan fingerprint density at radius 3 is 2.20 bits per heavy atom. The van der Waals surface area contributed by atoms with E-state index in [0.717, 1.165) is 17.9 Å². The topological polar surface area (TPSA) is 13.1 Å².